The van der Waals surface area contributed by atoms with Crippen molar-refractivity contribution in [1.29, 1.82) is 0 Å². The Kier molecular flexibility index (Phi) is 5.74. The molecular formula is C25H27N5O2. The van der Waals surface area contributed by atoms with Crippen LogP contribution in [0, 0.1) is 19.3 Å². The number of nitrogens with zero attached hydrogens (tertiary/aromatic N) is 3. The van der Waals surface area contributed by atoms with Gasteiger partial charge in [-0.15, -0.1) is 0 Å². The van der Waals surface area contributed by atoms with Crippen molar-refractivity contribution in [1.82, 2.24) is 25.6 Å². The van der Waals surface area contributed by atoms with E-state index in [-0.39, 0.29) is 29.7 Å². The van der Waals surface area contributed by atoms with Crippen molar-refractivity contribution in [2.75, 3.05) is 6.54 Å². The van der Waals surface area contributed by atoms with E-state index in [0.717, 1.165) is 28.1 Å². The fourth-order valence-electron chi connectivity index (χ4n) is 4.00. The minimum absolute atomic E-state index is 0.0229. The molecule has 2 amide bonds. The quantitative estimate of drug-likeness (QED) is 0.649. The predicted molar refractivity (Wildman–Crippen MR) is 122 cm³/mol. The van der Waals surface area contributed by atoms with E-state index >= 15 is 0 Å². The second-order valence-corrected chi connectivity index (χ2v) is 9.04. The van der Waals surface area contributed by atoms with Gasteiger partial charge in [0.1, 0.15) is 0 Å². The highest BCUT2D eigenvalue weighted by Crippen LogP contribution is 2.40. The third kappa shape index (κ3) is 4.51. The maximum Gasteiger partial charge on any atom is 0.251 e. The molecule has 0 bridgehead atoms. The number of carbonyl (C=O) groups is 2. The summed E-state index contributed by atoms with van der Waals surface area (Å²) in [6.07, 6.45) is 5.12. The van der Waals surface area contributed by atoms with Crippen LogP contribution in [0.1, 0.15) is 52.6 Å². The number of hydrogen-bond donors (Lipinski definition) is 2. The highest BCUT2D eigenvalue weighted by atomic mass is 16.2. The topological polar surface area (TPSA) is 96.9 Å². The van der Waals surface area contributed by atoms with Crippen LogP contribution in [-0.4, -0.2) is 33.3 Å². The van der Waals surface area contributed by atoms with Crippen LogP contribution < -0.4 is 10.6 Å². The first kappa shape index (κ1) is 21.6. The zero-order valence-electron chi connectivity index (χ0n) is 18.8. The largest absolute Gasteiger partial charge is 0.355 e. The highest BCUT2D eigenvalue weighted by Gasteiger charge is 2.42. The SMILES string of the molecule is Cc1ccc(-c2cc(C(=O)NCc3cnc(C)cn3)cc(C3C(=O)NCC3(C)C)c2)nc1. The fraction of sp³-hybridized carbons (Fsp3) is 0.320. The van der Waals surface area contributed by atoms with E-state index in [2.05, 4.69) is 39.4 Å². The van der Waals surface area contributed by atoms with Crippen molar-refractivity contribution in [2.45, 2.75) is 40.2 Å². The number of nitrogens with one attached hydrogen (secondary N) is 2. The van der Waals surface area contributed by atoms with Crippen molar-refractivity contribution < 1.29 is 9.59 Å². The van der Waals surface area contributed by atoms with Crippen LogP contribution in [0.25, 0.3) is 11.3 Å². The van der Waals surface area contributed by atoms with Crippen molar-refractivity contribution in [2.24, 2.45) is 5.41 Å². The number of benzene rings is 1. The average molecular weight is 430 g/mol. The van der Waals surface area contributed by atoms with Gasteiger partial charge in [-0.3, -0.25) is 24.5 Å². The minimum Gasteiger partial charge on any atom is -0.355 e. The summed E-state index contributed by atoms with van der Waals surface area (Å²) in [5.74, 6) is -0.605. The average Bonchev–Trinajstić information content (AvgIpc) is 3.05. The van der Waals surface area contributed by atoms with E-state index in [1.807, 2.05) is 44.2 Å². The number of carbonyl (C=O) groups excluding carboxylic acids is 2. The lowest BCUT2D eigenvalue weighted by Gasteiger charge is -2.25. The standard InChI is InChI=1S/C25H27N5O2/c1-15-5-6-21(28-10-15)17-7-18(22-24(32)30-14-25(22,3)4)9-19(8-17)23(31)29-13-20-12-26-16(2)11-27-20/h5-12,22H,13-14H2,1-4H3,(H,29,31)(H,30,32). The molecule has 7 heteroatoms. The van der Waals surface area contributed by atoms with E-state index in [0.29, 0.717) is 17.8 Å². The van der Waals surface area contributed by atoms with E-state index in [1.165, 1.54) is 0 Å². The Bertz CT molecular complexity index is 1150. The summed E-state index contributed by atoms with van der Waals surface area (Å²) in [5.41, 5.74) is 5.14. The van der Waals surface area contributed by atoms with Crippen LogP contribution in [0.15, 0.2) is 48.9 Å². The predicted octanol–water partition coefficient (Wildman–Crippen LogP) is 3.33. The Hall–Kier alpha value is -3.61. The number of pyridine rings is 1. The molecule has 3 aromatic rings. The number of aromatic nitrogens is 3. The van der Waals surface area contributed by atoms with Gasteiger partial charge in [-0.2, -0.15) is 0 Å². The maximum atomic E-state index is 13.1. The van der Waals surface area contributed by atoms with Crippen molar-refractivity contribution in [3.63, 3.8) is 0 Å². The van der Waals surface area contributed by atoms with E-state index < -0.39 is 0 Å². The van der Waals surface area contributed by atoms with Crippen molar-refractivity contribution in [3.05, 3.63) is 77.0 Å². The lowest BCUT2D eigenvalue weighted by molar-refractivity contribution is -0.121. The molecule has 1 aliphatic rings. The summed E-state index contributed by atoms with van der Waals surface area (Å²) >= 11 is 0. The Labute approximate surface area is 187 Å². The van der Waals surface area contributed by atoms with Gasteiger partial charge in [0.15, 0.2) is 0 Å². The smallest absolute Gasteiger partial charge is 0.251 e. The Morgan fingerprint density at radius 2 is 1.91 bits per heavy atom. The third-order valence-corrected chi connectivity index (χ3v) is 5.78. The molecule has 4 rings (SSSR count). The first-order chi connectivity index (χ1) is 15.2. The van der Waals surface area contributed by atoms with Gasteiger partial charge in [-0.1, -0.05) is 19.9 Å². The number of aryl methyl sites for hydroxylation is 2. The van der Waals surface area contributed by atoms with Crippen LogP contribution in [-0.2, 0) is 11.3 Å². The first-order valence-electron chi connectivity index (χ1n) is 10.6. The lowest BCUT2D eigenvalue weighted by atomic mass is 9.76. The molecule has 0 radical (unpaired) electrons. The molecule has 1 unspecified atom stereocenters. The molecule has 7 nitrogen and oxygen atoms in total. The molecule has 0 aliphatic carbocycles. The van der Waals surface area contributed by atoms with Crippen molar-refractivity contribution >= 4 is 11.8 Å². The summed E-state index contributed by atoms with van der Waals surface area (Å²) in [7, 11) is 0. The molecule has 2 aromatic heterocycles. The summed E-state index contributed by atoms with van der Waals surface area (Å²) in [6, 6.07) is 9.51. The van der Waals surface area contributed by atoms with Gasteiger partial charge in [0.05, 0.1) is 35.7 Å². The van der Waals surface area contributed by atoms with Crippen LogP contribution in [0.5, 0.6) is 0 Å². The number of hydrogen-bond acceptors (Lipinski definition) is 5. The molecular weight excluding hydrogens is 402 g/mol. The maximum absolute atomic E-state index is 13.1. The van der Waals surface area contributed by atoms with Crippen LogP contribution in [0.4, 0.5) is 0 Å². The van der Waals surface area contributed by atoms with Crippen LogP contribution >= 0.6 is 0 Å². The number of amides is 2. The Morgan fingerprint density at radius 1 is 1.09 bits per heavy atom. The Morgan fingerprint density at radius 3 is 2.53 bits per heavy atom. The van der Waals surface area contributed by atoms with E-state index in [9.17, 15) is 9.59 Å². The highest BCUT2D eigenvalue weighted by molar-refractivity contribution is 5.96. The molecule has 1 atom stereocenters. The zero-order chi connectivity index (χ0) is 22.9. The summed E-state index contributed by atoms with van der Waals surface area (Å²) in [4.78, 5) is 38.7. The molecule has 0 saturated carbocycles. The molecule has 32 heavy (non-hydrogen) atoms. The van der Waals surface area contributed by atoms with Gasteiger partial charge in [-0.25, -0.2) is 0 Å². The van der Waals surface area contributed by atoms with Gasteiger partial charge in [0.2, 0.25) is 5.91 Å². The van der Waals surface area contributed by atoms with Crippen LogP contribution in [0.2, 0.25) is 0 Å². The summed E-state index contributed by atoms with van der Waals surface area (Å²) in [6.45, 7) is 8.82. The normalized spacial score (nSPS) is 17.1. The minimum atomic E-state index is -0.345. The van der Waals surface area contributed by atoms with E-state index in [4.69, 9.17) is 0 Å². The molecule has 1 aromatic carbocycles. The lowest BCUT2D eigenvalue weighted by Crippen LogP contribution is -2.25. The molecule has 1 aliphatic heterocycles. The molecule has 3 heterocycles. The second-order valence-electron chi connectivity index (χ2n) is 9.04. The third-order valence-electron chi connectivity index (χ3n) is 5.78. The summed E-state index contributed by atoms with van der Waals surface area (Å²) in [5, 5.41) is 5.86. The first-order valence-corrected chi connectivity index (χ1v) is 10.6. The van der Waals surface area contributed by atoms with E-state index in [1.54, 1.807) is 18.6 Å². The van der Waals surface area contributed by atoms with Gasteiger partial charge in [-0.05, 0) is 54.7 Å². The zero-order valence-corrected chi connectivity index (χ0v) is 18.8. The molecule has 164 valence electrons. The monoisotopic (exact) mass is 429 g/mol. The van der Waals surface area contributed by atoms with Gasteiger partial charge in [0, 0.05) is 30.1 Å². The molecule has 0 spiro atoms. The van der Waals surface area contributed by atoms with Gasteiger partial charge < -0.3 is 10.6 Å². The van der Waals surface area contributed by atoms with Crippen LogP contribution in [0.3, 0.4) is 0 Å². The molecule has 1 fully saturated rings. The summed E-state index contributed by atoms with van der Waals surface area (Å²) < 4.78 is 0. The van der Waals surface area contributed by atoms with Gasteiger partial charge in [0.25, 0.3) is 5.91 Å². The Balaban J connectivity index is 1.69. The van der Waals surface area contributed by atoms with Gasteiger partial charge >= 0.3 is 0 Å². The number of rotatable bonds is 5. The fourth-order valence-corrected chi connectivity index (χ4v) is 4.00. The second kappa shape index (κ2) is 8.49. The van der Waals surface area contributed by atoms with Crippen molar-refractivity contribution in [3.8, 4) is 11.3 Å². The molecule has 2 N–H and O–H groups in total. The molecule has 1 saturated heterocycles.